The number of sulfonamides is 1. The van der Waals surface area contributed by atoms with Gasteiger partial charge in [0.2, 0.25) is 15.9 Å². The van der Waals surface area contributed by atoms with Crippen LogP contribution < -0.4 is 10.1 Å². The molecule has 6 nitrogen and oxygen atoms in total. The average molecular weight is 451 g/mol. The number of para-hydroxylation sites is 2. The van der Waals surface area contributed by atoms with Crippen LogP contribution in [0.4, 0.5) is 5.69 Å². The van der Waals surface area contributed by atoms with Crippen LogP contribution in [0.15, 0.2) is 48.5 Å². The van der Waals surface area contributed by atoms with Crippen LogP contribution in [0.25, 0.3) is 0 Å². The fourth-order valence-corrected chi connectivity index (χ4v) is 5.31. The van der Waals surface area contributed by atoms with Gasteiger partial charge in [-0.05, 0) is 56.5 Å². The Morgan fingerprint density at radius 1 is 1.23 bits per heavy atom. The predicted octanol–water partition coefficient (Wildman–Crippen LogP) is 4.31. The molecule has 2 aromatic rings. The number of carbonyl (C=O) groups excluding carboxylic acids is 1. The van der Waals surface area contributed by atoms with Crippen LogP contribution in [0.5, 0.6) is 5.75 Å². The zero-order chi connectivity index (χ0) is 21.7. The SMILES string of the molecule is CC(C)Oc1ccccc1NC(=O)C1CCCN(S(=O)(=O)Cc2cccc(Cl)c2)C1. The number of amides is 1. The van der Waals surface area contributed by atoms with Gasteiger partial charge in [0.15, 0.2) is 0 Å². The summed E-state index contributed by atoms with van der Waals surface area (Å²) in [6, 6.07) is 14.1. The Hall–Kier alpha value is -2.09. The number of halogens is 1. The fraction of sp³-hybridized carbons (Fsp3) is 0.409. The largest absolute Gasteiger partial charge is 0.489 e. The number of hydrogen-bond acceptors (Lipinski definition) is 4. The maximum Gasteiger partial charge on any atom is 0.228 e. The lowest BCUT2D eigenvalue weighted by Crippen LogP contribution is -2.44. The third kappa shape index (κ3) is 5.97. The Balaban J connectivity index is 1.68. The molecule has 1 unspecified atom stereocenters. The van der Waals surface area contributed by atoms with E-state index in [1.54, 1.807) is 36.4 Å². The molecule has 0 saturated carbocycles. The van der Waals surface area contributed by atoms with Gasteiger partial charge in [0.25, 0.3) is 0 Å². The molecule has 1 aliphatic heterocycles. The fourth-order valence-electron chi connectivity index (χ4n) is 3.50. The second-order valence-corrected chi connectivity index (χ2v) is 10.1. The van der Waals surface area contributed by atoms with Gasteiger partial charge in [-0.3, -0.25) is 4.79 Å². The zero-order valence-electron chi connectivity index (χ0n) is 17.2. The standard InChI is InChI=1S/C22H27ClN2O4S/c1-16(2)29-21-11-4-3-10-20(21)24-22(26)18-8-6-12-25(14-18)30(27,28)15-17-7-5-9-19(23)13-17/h3-5,7,9-11,13,16,18H,6,8,12,14-15H2,1-2H3,(H,24,26). The third-order valence-electron chi connectivity index (χ3n) is 4.89. The Morgan fingerprint density at radius 2 is 2.00 bits per heavy atom. The van der Waals surface area contributed by atoms with Gasteiger partial charge in [-0.25, -0.2) is 12.7 Å². The van der Waals surface area contributed by atoms with Crippen LogP contribution in [0.2, 0.25) is 5.02 Å². The van der Waals surface area contributed by atoms with Crippen molar-refractivity contribution in [2.75, 3.05) is 18.4 Å². The second-order valence-electron chi connectivity index (χ2n) is 7.74. The molecule has 30 heavy (non-hydrogen) atoms. The normalized spacial score (nSPS) is 17.7. The summed E-state index contributed by atoms with van der Waals surface area (Å²) in [5, 5.41) is 3.41. The minimum absolute atomic E-state index is 0.0233. The number of hydrogen-bond donors (Lipinski definition) is 1. The van der Waals surface area contributed by atoms with E-state index in [0.29, 0.717) is 41.4 Å². The molecule has 1 heterocycles. The highest BCUT2D eigenvalue weighted by Gasteiger charge is 2.32. The Kier molecular flexibility index (Phi) is 7.39. The summed E-state index contributed by atoms with van der Waals surface area (Å²) in [6.07, 6.45) is 1.25. The summed E-state index contributed by atoms with van der Waals surface area (Å²) in [6.45, 7) is 4.42. The molecule has 0 aromatic heterocycles. The summed E-state index contributed by atoms with van der Waals surface area (Å²) < 4.78 is 33.0. The molecule has 0 spiro atoms. The summed E-state index contributed by atoms with van der Waals surface area (Å²) in [5.41, 5.74) is 1.23. The lowest BCUT2D eigenvalue weighted by molar-refractivity contribution is -0.120. The van der Waals surface area contributed by atoms with Gasteiger partial charge in [0.05, 0.1) is 23.5 Å². The van der Waals surface area contributed by atoms with E-state index >= 15 is 0 Å². The smallest absolute Gasteiger partial charge is 0.228 e. The van der Waals surface area contributed by atoms with Crippen molar-refractivity contribution in [3.63, 3.8) is 0 Å². The van der Waals surface area contributed by atoms with E-state index in [0.717, 1.165) is 0 Å². The summed E-state index contributed by atoms with van der Waals surface area (Å²) in [4.78, 5) is 12.9. The molecular weight excluding hydrogens is 424 g/mol. The molecular formula is C22H27ClN2O4S. The predicted molar refractivity (Wildman–Crippen MR) is 119 cm³/mol. The first-order chi connectivity index (χ1) is 14.2. The number of rotatable bonds is 7. The number of ether oxygens (including phenoxy) is 1. The van der Waals surface area contributed by atoms with Crippen LogP contribution in [0.1, 0.15) is 32.3 Å². The highest BCUT2D eigenvalue weighted by molar-refractivity contribution is 7.88. The third-order valence-corrected chi connectivity index (χ3v) is 6.95. The number of carbonyl (C=O) groups is 1. The van der Waals surface area contributed by atoms with E-state index in [1.165, 1.54) is 4.31 Å². The molecule has 1 saturated heterocycles. The van der Waals surface area contributed by atoms with Crippen LogP contribution in [0, 0.1) is 5.92 Å². The maximum absolute atomic E-state index is 12.9. The monoisotopic (exact) mass is 450 g/mol. The van der Waals surface area contributed by atoms with E-state index in [4.69, 9.17) is 16.3 Å². The summed E-state index contributed by atoms with van der Waals surface area (Å²) in [7, 11) is -3.55. The van der Waals surface area contributed by atoms with Gasteiger partial charge in [-0.2, -0.15) is 0 Å². The topological polar surface area (TPSA) is 75.7 Å². The van der Waals surface area contributed by atoms with Crippen molar-refractivity contribution in [1.82, 2.24) is 4.31 Å². The number of nitrogens with one attached hydrogen (secondary N) is 1. The highest BCUT2D eigenvalue weighted by Crippen LogP contribution is 2.28. The number of benzene rings is 2. The van der Waals surface area contributed by atoms with Crippen molar-refractivity contribution in [1.29, 1.82) is 0 Å². The summed E-state index contributed by atoms with van der Waals surface area (Å²) >= 11 is 5.97. The quantitative estimate of drug-likeness (QED) is 0.682. The minimum atomic E-state index is -3.55. The minimum Gasteiger partial charge on any atom is -0.489 e. The number of nitrogens with zero attached hydrogens (tertiary/aromatic N) is 1. The van der Waals surface area contributed by atoms with Gasteiger partial charge in [0, 0.05) is 18.1 Å². The molecule has 3 rings (SSSR count). The molecule has 1 N–H and O–H groups in total. The lowest BCUT2D eigenvalue weighted by atomic mass is 9.98. The van der Waals surface area contributed by atoms with Crippen molar-refractivity contribution in [3.8, 4) is 5.75 Å². The first-order valence-corrected chi connectivity index (χ1v) is 12.0. The maximum atomic E-state index is 12.9. The molecule has 2 aromatic carbocycles. The van der Waals surface area contributed by atoms with E-state index in [1.807, 2.05) is 26.0 Å². The molecule has 8 heteroatoms. The molecule has 1 fully saturated rings. The van der Waals surface area contributed by atoms with E-state index in [9.17, 15) is 13.2 Å². The molecule has 0 bridgehead atoms. The first kappa shape index (κ1) is 22.6. The van der Waals surface area contributed by atoms with E-state index in [-0.39, 0.29) is 24.3 Å². The molecule has 1 amide bonds. The van der Waals surface area contributed by atoms with Gasteiger partial charge in [-0.15, -0.1) is 0 Å². The number of piperidine rings is 1. The molecule has 162 valence electrons. The molecule has 1 aliphatic rings. The van der Waals surface area contributed by atoms with Gasteiger partial charge < -0.3 is 10.1 Å². The van der Waals surface area contributed by atoms with Crippen molar-refractivity contribution in [2.45, 2.75) is 38.5 Å². The number of anilines is 1. The van der Waals surface area contributed by atoms with Gasteiger partial charge >= 0.3 is 0 Å². The lowest BCUT2D eigenvalue weighted by Gasteiger charge is -2.31. The highest BCUT2D eigenvalue weighted by atomic mass is 35.5. The first-order valence-electron chi connectivity index (χ1n) is 10.0. The summed E-state index contributed by atoms with van der Waals surface area (Å²) in [5.74, 6) is -0.146. The van der Waals surface area contributed by atoms with Crippen LogP contribution in [-0.2, 0) is 20.6 Å². The van der Waals surface area contributed by atoms with E-state index in [2.05, 4.69) is 5.32 Å². The van der Waals surface area contributed by atoms with Crippen LogP contribution in [0.3, 0.4) is 0 Å². The van der Waals surface area contributed by atoms with Crippen LogP contribution in [-0.4, -0.2) is 37.8 Å². The van der Waals surface area contributed by atoms with Crippen LogP contribution >= 0.6 is 11.6 Å². The van der Waals surface area contributed by atoms with Gasteiger partial charge in [-0.1, -0.05) is 35.9 Å². The Morgan fingerprint density at radius 3 is 2.73 bits per heavy atom. The van der Waals surface area contributed by atoms with E-state index < -0.39 is 15.9 Å². The van der Waals surface area contributed by atoms with Crippen molar-refractivity contribution < 1.29 is 17.9 Å². The van der Waals surface area contributed by atoms with Crippen molar-refractivity contribution in [3.05, 3.63) is 59.1 Å². The molecule has 1 atom stereocenters. The Labute approximate surface area is 183 Å². The second kappa shape index (κ2) is 9.81. The van der Waals surface area contributed by atoms with Crippen molar-refractivity contribution in [2.24, 2.45) is 5.92 Å². The van der Waals surface area contributed by atoms with Crippen molar-refractivity contribution >= 4 is 33.2 Å². The zero-order valence-corrected chi connectivity index (χ0v) is 18.7. The molecule has 0 aliphatic carbocycles. The Bertz CT molecular complexity index is 994. The average Bonchev–Trinajstić information content (AvgIpc) is 2.69. The molecule has 0 radical (unpaired) electrons. The van der Waals surface area contributed by atoms with Gasteiger partial charge in [0.1, 0.15) is 5.75 Å².